The minimum Gasteiger partial charge on any atom is -0.355 e. The second-order valence-corrected chi connectivity index (χ2v) is 5.60. The molecule has 2 unspecified atom stereocenters. The number of hydrogen-bond donors (Lipinski definition) is 2. The van der Waals surface area contributed by atoms with Gasteiger partial charge in [0, 0.05) is 12.5 Å². The van der Waals surface area contributed by atoms with Crippen LogP contribution < -0.4 is 10.6 Å². The number of rotatable bonds is 3. The lowest BCUT2D eigenvalue weighted by atomic mass is 9.81. The Hall–Kier alpha value is -0.570. The zero-order chi connectivity index (χ0) is 10.9. The van der Waals surface area contributed by atoms with Crippen LogP contribution in [0, 0.1) is 17.3 Å². The van der Waals surface area contributed by atoms with Crippen LogP contribution in [0.3, 0.4) is 0 Å². The van der Waals surface area contributed by atoms with Crippen molar-refractivity contribution in [2.45, 2.75) is 33.1 Å². The first kappa shape index (κ1) is 10.9. The monoisotopic (exact) mass is 210 g/mol. The van der Waals surface area contributed by atoms with E-state index in [1.807, 2.05) is 0 Å². The number of carbonyl (C=O) groups excluding carboxylic acids is 1. The van der Waals surface area contributed by atoms with E-state index in [0.29, 0.717) is 17.3 Å². The van der Waals surface area contributed by atoms with E-state index in [2.05, 4.69) is 24.5 Å². The van der Waals surface area contributed by atoms with Crippen molar-refractivity contribution in [1.29, 1.82) is 0 Å². The Bertz CT molecular complexity index is 246. The second-order valence-electron chi connectivity index (χ2n) is 5.60. The highest BCUT2D eigenvalue weighted by molar-refractivity contribution is 5.81. The fourth-order valence-electron chi connectivity index (χ4n) is 2.33. The average molecular weight is 210 g/mol. The first-order valence-corrected chi connectivity index (χ1v) is 6.09. The zero-order valence-electron chi connectivity index (χ0n) is 9.81. The van der Waals surface area contributed by atoms with Gasteiger partial charge in [-0.2, -0.15) is 0 Å². The van der Waals surface area contributed by atoms with Crippen molar-refractivity contribution in [1.82, 2.24) is 10.6 Å². The smallest absolute Gasteiger partial charge is 0.223 e. The lowest BCUT2D eigenvalue weighted by molar-refractivity contribution is -0.123. The van der Waals surface area contributed by atoms with E-state index in [9.17, 15) is 4.79 Å². The molecule has 0 bridgehead atoms. The summed E-state index contributed by atoms with van der Waals surface area (Å²) in [7, 11) is 0. The van der Waals surface area contributed by atoms with Gasteiger partial charge in [0.2, 0.25) is 5.91 Å². The molecule has 2 aliphatic rings. The van der Waals surface area contributed by atoms with Crippen LogP contribution in [0.1, 0.15) is 33.1 Å². The molecule has 2 N–H and O–H groups in total. The van der Waals surface area contributed by atoms with Gasteiger partial charge in [0.1, 0.15) is 0 Å². The van der Waals surface area contributed by atoms with Crippen molar-refractivity contribution in [3.63, 3.8) is 0 Å². The predicted molar refractivity (Wildman–Crippen MR) is 60.5 cm³/mol. The molecule has 0 aromatic heterocycles. The fraction of sp³-hybridized carbons (Fsp3) is 0.917. The summed E-state index contributed by atoms with van der Waals surface area (Å²) in [5.74, 6) is 1.21. The number of amides is 1. The van der Waals surface area contributed by atoms with Crippen molar-refractivity contribution in [2.75, 3.05) is 19.6 Å². The first-order chi connectivity index (χ1) is 7.11. The van der Waals surface area contributed by atoms with Crippen molar-refractivity contribution in [3.05, 3.63) is 0 Å². The summed E-state index contributed by atoms with van der Waals surface area (Å²) in [6.45, 7) is 7.47. The van der Waals surface area contributed by atoms with Gasteiger partial charge in [0.15, 0.2) is 0 Å². The summed E-state index contributed by atoms with van der Waals surface area (Å²) < 4.78 is 0. The van der Waals surface area contributed by atoms with Crippen LogP contribution in [-0.4, -0.2) is 25.5 Å². The van der Waals surface area contributed by atoms with Crippen LogP contribution in [0.5, 0.6) is 0 Å². The Labute approximate surface area is 92.0 Å². The largest absolute Gasteiger partial charge is 0.355 e. The molecule has 3 heteroatoms. The van der Waals surface area contributed by atoms with E-state index in [0.717, 1.165) is 26.1 Å². The van der Waals surface area contributed by atoms with E-state index in [4.69, 9.17) is 0 Å². The molecule has 1 aliphatic carbocycles. The molecule has 0 spiro atoms. The third-order valence-corrected chi connectivity index (χ3v) is 3.95. The molecular formula is C12H22N2O. The van der Waals surface area contributed by atoms with E-state index < -0.39 is 0 Å². The minimum atomic E-state index is 0.280. The van der Waals surface area contributed by atoms with Gasteiger partial charge in [-0.15, -0.1) is 0 Å². The molecular weight excluding hydrogens is 188 g/mol. The number of hydrogen-bond acceptors (Lipinski definition) is 2. The van der Waals surface area contributed by atoms with Gasteiger partial charge in [0.05, 0.1) is 0 Å². The quantitative estimate of drug-likeness (QED) is 0.733. The number of carbonyl (C=O) groups is 1. The van der Waals surface area contributed by atoms with E-state index in [1.165, 1.54) is 12.8 Å². The molecule has 86 valence electrons. The molecule has 1 saturated carbocycles. The second kappa shape index (κ2) is 4.12. The predicted octanol–water partition coefficient (Wildman–Crippen LogP) is 1.15. The van der Waals surface area contributed by atoms with Gasteiger partial charge in [-0.1, -0.05) is 13.8 Å². The van der Waals surface area contributed by atoms with Crippen LogP contribution in [0.4, 0.5) is 0 Å². The average Bonchev–Trinajstić information content (AvgIpc) is 2.93. The highest BCUT2D eigenvalue weighted by atomic mass is 16.2. The summed E-state index contributed by atoms with van der Waals surface area (Å²) in [5, 5.41) is 6.48. The first-order valence-electron chi connectivity index (χ1n) is 6.09. The SMILES string of the molecule is CC1CC1C(=O)NCC1(C)CCNCC1. The Kier molecular flexibility index (Phi) is 3.01. The third kappa shape index (κ3) is 2.71. The summed E-state index contributed by atoms with van der Waals surface area (Å²) >= 11 is 0. The molecule has 1 heterocycles. The van der Waals surface area contributed by atoms with Crippen molar-refractivity contribution in [3.8, 4) is 0 Å². The summed E-state index contributed by atoms with van der Waals surface area (Å²) in [6, 6.07) is 0. The maximum atomic E-state index is 11.7. The molecule has 2 atom stereocenters. The Morgan fingerprint density at radius 2 is 2.07 bits per heavy atom. The van der Waals surface area contributed by atoms with E-state index in [1.54, 1.807) is 0 Å². The summed E-state index contributed by atoms with van der Waals surface area (Å²) in [6.07, 6.45) is 3.44. The molecule has 0 radical (unpaired) electrons. The van der Waals surface area contributed by atoms with Crippen LogP contribution in [0.15, 0.2) is 0 Å². The maximum absolute atomic E-state index is 11.7. The normalized spacial score (nSPS) is 33.5. The zero-order valence-corrected chi connectivity index (χ0v) is 9.81. The molecule has 1 saturated heterocycles. The van der Waals surface area contributed by atoms with Gasteiger partial charge in [-0.3, -0.25) is 4.79 Å². The molecule has 1 amide bonds. The number of nitrogens with one attached hydrogen (secondary N) is 2. The lowest BCUT2D eigenvalue weighted by Crippen LogP contribution is -2.43. The van der Waals surface area contributed by atoms with E-state index in [-0.39, 0.29) is 5.91 Å². The maximum Gasteiger partial charge on any atom is 0.223 e. The van der Waals surface area contributed by atoms with Gasteiger partial charge in [-0.25, -0.2) is 0 Å². The Morgan fingerprint density at radius 3 is 2.60 bits per heavy atom. The molecule has 0 aromatic carbocycles. The molecule has 15 heavy (non-hydrogen) atoms. The summed E-state index contributed by atoms with van der Waals surface area (Å²) in [5.41, 5.74) is 0.318. The number of piperidine rings is 1. The van der Waals surface area contributed by atoms with Gasteiger partial charge >= 0.3 is 0 Å². The van der Waals surface area contributed by atoms with Gasteiger partial charge < -0.3 is 10.6 Å². The topological polar surface area (TPSA) is 41.1 Å². The van der Waals surface area contributed by atoms with Crippen LogP contribution in [0.2, 0.25) is 0 Å². The molecule has 1 aliphatic heterocycles. The third-order valence-electron chi connectivity index (χ3n) is 3.95. The molecule has 0 aromatic rings. The van der Waals surface area contributed by atoms with Crippen molar-refractivity contribution in [2.24, 2.45) is 17.3 Å². The van der Waals surface area contributed by atoms with Gasteiger partial charge in [-0.05, 0) is 43.7 Å². The van der Waals surface area contributed by atoms with Crippen molar-refractivity contribution >= 4 is 5.91 Å². The Morgan fingerprint density at radius 1 is 1.47 bits per heavy atom. The minimum absolute atomic E-state index is 0.280. The fourth-order valence-corrected chi connectivity index (χ4v) is 2.33. The van der Waals surface area contributed by atoms with Crippen LogP contribution >= 0.6 is 0 Å². The standard InChI is InChI=1S/C12H22N2O/c1-9-7-10(9)11(15)14-8-12(2)3-5-13-6-4-12/h9-10,13H,3-8H2,1-2H3,(H,14,15). The lowest BCUT2D eigenvalue weighted by Gasteiger charge is -2.34. The molecule has 2 rings (SSSR count). The van der Waals surface area contributed by atoms with E-state index >= 15 is 0 Å². The van der Waals surface area contributed by atoms with Gasteiger partial charge in [0.25, 0.3) is 0 Å². The summed E-state index contributed by atoms with van der Waals surface area (Å²) in [4.78, 5) is 11.7. The highest BCUT2D eigenvalue weighted by Gasteiger charge is 2.39. The molecule has 2 fully saturated rings. The molecule has 3 nitrogen and oxygen atoms in total. The van der Waals surface area contributed by atoms with Crippen LogP contribution in [-0.2, 0) is 4.79 Å². The van der Waals surface area contributed by atoms with Crippen molar-refractivity contribution < 1.29 is 4.79 Å². The Balaban J connectivity index is 1.74. The van der Waals surface area contributed by atoms with Crippen LogP contribution in [0.25, 0.3) is 0 Å². The highest BCUT2D eigenvalue weighted by Crippen LogP contribution is 2.38.